The van der Waals surface area contributed by atoms with E-state index in [4.69, 9.17) is 11.6 Å². The van der Waals surface area contributed by atoms with Crippen LogP contribution in [0.3, 0.4) is 0 Å². The van der Waals surface area contributed by atoms with E-state index in [1.165, 1.54) is 6.20 Å². The first-order valence-corrected chi connectivity index (χ1v) is 10.4. The van der Waals surface area contributed by atoms with Gasteiger partial charge in [0.15, 0.2) is 17.3 Å². The fourth-order valence-electron chi connectivity index (χ4n) is 3.97. The van der Waals surface area contributed by atoms with E-state index in [1.807, 2.05) is 0 Å². The number of carbonyl (C=O) groups is 1. The van der Waals surface area contributed by atoms with Crippen molar-refractivity contribution in [1.29, 1.82) is 0 Å². The molecule has 6 rings (SSSR count). The number of rotatable bonds is 4. The molecule has 1 fully saturated rings. The van der Waals surface area contributed by atoms with E-state index in [9.17, 15) is 9.18 Å². The summed E-state index contributed by atoms with van der Waals surface area (Å²) in [6, 6.07) is 1.69. The van der Waals surface area contributed by atoms with Crippen molar-refractivity contribution in [1.82, 2.24) is 34.3 Å². The van der Waals surface area contributed by atoms with E-state index in [0.717, 1.165) is 0 Å². The van der Waals surface area contributed by atoms with Crippen LogP contribution >= 0.6 is 11.6 Å². The molecule has 9 nitrogen and oxygen atoms in total. The standard InChI is InChI=1S/C21H15ClF2N8O/c1-31-13(2-3-27-31)17-19(24)18(22)16(10-5-26-30-20(10)17)12-7-32-8-14(28-15(32)6-25-12)29-21(33)9-4-11(9)23/h2-3,5-9,11H,4H2,1H3,(H,26,30)(H,29,33). The number of aromatic nitrogens is 7. The van der Waals surface area contributed by atoms with Gasteiger partial charge in [-0.15, -0.1) is 0 Å². The maximum Gasteiger partial charge on any atom is 0.231 e. The zero-order valence-corrected chi connectivity index (χ0v) is 17.8. The van der Waals surface area contributed by atoms with Crippen molar-refractivity contribution in [2.24, 2.45) is 13.0 Å². The van der Waals surface area contributed by atoms with Crippen LogP contribution in [-0.2, 0) is 11.8 Å². The molecule has 4 aromatic heterocycles. The van der Waals surface area contributed by atoms with Gasteiger partial charge in [0.25, 0.3) is 0 Å². The van der Waals surface area contributed by atoms with Gasteiger partial charge < -0.3 is 9.72 Å². The van der Waals surface area contributed by atoms with Crippen LogP contribution in [0.2, 0.25) is 5.02 Å². The third-order valence-corrected chi connectivity index (χ3v) is 6.12. The minimum absolute atomic E-state index is 0.108. The van der Waals surface area contributed by atoms with Gasteiger partial charge in [-0.25, -0.2) is 13.8 Å². The number of imidazole rings is 1. The van der Waals surface area contributed by atoms with Gasteiger partial charge in [-0.1, -0.05) is 11.6 Å². The molecular weight excluding hydrogens is 454 g/mol. The average molecular weight is 469 g/mol. The van der Waals surface area contributed by atoms with Crippen molar-refractivity contribution < 1.29 is 13.6 Å². The second-order valence-electron chi connectivity index (χ2n) is 7.89. The number of nitrogens with one attached hydrogen (secondary N) is 2. The number of aryl methyl sites for hydroxylation is 1. The first kappa shape index (κ1) is 19.8. The van der Waals surface area contributed by atoms with Crippen LogP contribution in [0.25, 0.3) is 39.1 Å². The predicted octanol–water partition coefficient (Wildman–Crippen LogP) is 3.76. The second kappa shape index (κ2) is 7.07. The Kier molecular flexibility index (Phi) is 4.24. The lowest BCUT2D eigenvalue weighted by atomic mass is 10.0. The summed E-state index contributed by atoms with van der Waals surface area (Å²) in [5, 5.41) is 14.1. The topological polar surface area (TPSA) is 106 Å². The van der Waals surface area contributed by atoms with Crippen molar-refractivity contribution in [3.63, 3.8) is 0 Å². The van der Waals surface area contributed by atoms with Crippen LogP contribution in [0.15, 0.2) is 37.1 Å². The number of alkyl halides is 1. The van der Waals surface area contributed by atoms with Gasteiger partial charge in [-0.3, -0.25) is 19.6 Å². The Balaban J connectivity index is 1.46. The van der Waals surface area contributed by atoms with Crippen molar-refractivity contribution in [2.45, 2.75) is 12.6 Å². The Morgan fingerprint density at radius 2 is 2.12 bits per heavy atom. The number of halogens is 3. The first-order chi connectivity index (χ1) is 15.9. The van der Waals surface area contributed by atoms with E-state index < -0.39 is 23.8 Å². The normalized spacial score (nSPS) is 17.7. The lowest BCUT2D eigenvalue weighted by Gasteiger charge is -2.12. The smallest absolute Gasteiger partial charge is 0.231 e. The van der Waals surface area contributed by atoms with Crippen molar-refractivity contribution in [3.8, 4) is 22.5 Å². The van der Waals surface area contributed by atoms with Gasteiger partial charge in [0.1, 0.15) is 6.17 Å². The average Bonchev–Trinajstić information content (AvgIpc) is 3.16. The number of benzene rings is 1. The largest absolute Gasteiger partial charge is 0.309 e. The van der Waals surface area contributed by atoms with Crippen LogP contribution in [0.1, 0.15) is 6.42 Å². The summed E-state index contributed by atoms with van der Waals surface area (Å²) in [6.45, 7) is 0. The Morgan fingerprint density at radius 1 is 1.30 bits per heavy atom. The first-order valence-electron chi connectivity index (χ1n) is 10.0. The van der Waals surface area contributed by atoms with Crippen LogP contribution in [0.4, 0.5) is 14.6 Å². The van der Waals surface area contributed by atoms with Gasteiger partial charge in [0.2, 0.25) is 5.91 Å². The minimum atomic E-state index is -1.10. The molecule has 1 saturated carbocycles. The molecule has 33 heavy (non-hydrogen) atoms. The van der Waals surface area contributed by atoms with E-state index in [1.54, 1.807) is 47.0 Å². The van der Waals surface area contributed by atoms with Gasteiger partial charge >= 0.3 is 0 Å². The highest BCUT2D eigenvalue weighted by Crippen LogP contribution is 2.42. The summed E-state index contributed by atoms with van der Waals surface area (Å²) in [4.78, 5) is 20.7. The molecule has 166 valence electrons. The molecule has 0 spiro atoms. The fraction of sp³-hybridized carbons (Fsp3) is 0.190. The number of hydrogen-bond acceptors (Lipinski definition) is 5. The van der Waals surface area contributed by atoms with Gasteiger partial charge in [0, 0.05) is 30.4 Å². The molecule has 2 unspecified atom stereocenters. The number of carbonyl (C=O) groups excluding carboxylic acids is 1. The SMILES string of the molecule is Cn1nccc1-c1c(F)c(Cl)c(-c2cn3cc(NC(=O)C4CC4F)nc3cn2)c2cn[nH]c12. The van der Waals surface area contributed by atoms with Crippen molar-refractivity contribution >= 4 is 39.9 Å². The lowest BCUT2D eigenvalue weighted by Crippen LogP contribution is -2.15. The number of amides is 1. The molecular formula is C21H15ClF2N8O. The molecule has 0 bridgehead atoms. The summed E-state index contributed by atoms with van der Waals surface area (Å²) in [6.07, 6.45) is 6.95. The highest BCUT2D eigenvalue weighted by Gasteiger charge is 2.43. The molecule has 0 saturated heterocycles. The summed E-state index contributed by atoms with van der Waals surface area (Å²) in [5.74, 6) is -1.39. The summed E-state index contributed by atoms with van der Waals surface area (Å²) in [5.41, 5.74) is 2.46. The number of aromatic amines is 1. The number of nitrogens with zero attached hydrogens (tertiary/aromatic N) is 6. The van der Waals surface area contributed by atoms with Crippen LogP contribution in [0.5, 0.6) is 0 Å². The zero-order valence-electron chi connectivity index (χ0n) is 17.1. The van der Waals surface area contributed by atoms with E-state index in [0.29, 0.717) is 33.5 Å². The third kappa shape index (κ3) is 3.07. The maximum absolute atomic E-state index is 15.5. The van der Waals surface area contributed by atoms with Crippen molar-refractivity contribution in [2.75, 3.05) is 5.32 Å². The van der Waals surface area contributed by atoms with Crippen LogP contribution in [-0.4, -0.2) is 46.4 Å². The molecule has 0 radical (unpaired) electrons. The Labute approximate surface area is 189 Å². The lowest BCUT2D eigenvalue weighted by molar-refractivity contribution is -0.117. The van der Waals surface area contributed by atoms with Gasteiger partial charge in [-0.05, 0) is 12.5 Å². The van der Waals surface area contributed by atoms with E-state index >= 15 is 4.39 Å². The maximum atomic E-state index is 15.5. The fourth-order valence-corrected chi connectivity index (χ4v) is 4.26. The quantitative estimate of drug-likeness (QED) is 0.418. The third-order valence-electron chi connectivity index (χ3n) is 5.77. The molecule has 1 aliphatic carbocycles. The molecule has 1 amide bonds. The molecule has 2 atom stereocenters. The summed E-state index contributed by atoms with van der Waals surface area (Å²) in [7, 11) is 1.71. The van der Waals surface area contributed by atoms with Crippen LogP contribution < -0.4 is 5.32 Å². The number of H-pyrrole nitrogens is 1. The Hall–Kier alpha value is -3.86. The summed E-state index contributed by atoms with van der Waals surface area (Å²) < 4.78 is 31.8. The zero-order chi connectivity index (χ0) is 22.9. The highest BCUT2D eigenvalue weighted by atomic mass is 35.5. The van der Waals surface area contributed by atoms with E-state index in [-0.39, 0.29) is 22.8 Å². The molecule has 1 aromatic carbocycles. The predicted molar refractivity (Wildman–Crippen MR) is 117 cm³/mol. The minimum Gasteiger partial charge on any atom is -0.309 e. The molecule has 0 aliphatic heterocycles. The monoisotopic (exact) mass is 468 g/mol. The molecule has 5 aromatic rings. The van der Waals surface area contributed by atoms with E-state index in [2.05, 4.69) is 30.6 Å². The number of fused-ring (bicyclic) bond motifs is 2. The molecule has 2 N–H and O–H groups in total. The molecule has 12 heteroatoms. The van der Waals surface area contributed by atoms with Gasteiger partial charge in [-0.2, -0.15) is 10.2 Å². The second-order valence-corrected chi connectivity index (χ2v) is 8.27. The highest BCUT2D eigenvalue weighted by molar-refractivity contribution is 6.35. The summed E-state index contributed by atoms with van der Waals surface area (Å²) >= 11 is 6.51. The number of anilines is 1. The van der Waals surface area contributed by atoms with Crippen molar-refractivity contribution in [3.05, 3.63) is 47.9 Å². The van der Waals surface area contributed by atoms with Crippen LogP contribution in [0, 0.1) is 11.7 Å². The Bertz CT molecular complexity index is 1570. The Morgan fingerprint density at radius 3 is 2.85 bits per heavy atom. The van der Waals surface area contributed by atoms with Gasteiger partial charge in [0.05, 0.1) is 52.0 Å². The molecule has 4 heterocycles. The number of hydrogen-bond donors (Lipinski definition) is 2. The molecule has 1 aliphatic rings.